The minimum absolute atomic E-state index is 0.213. The minimum Gasteiger partial charge on any atom is -0.314 e. The van der Waals surface area contributed by atoms with Crippen molar-refractivity contribution in [2.24, 2.45) is 0 Å². The average molecular weight is 284 g/mol. The van der Waals surface area contributed by atoms with E-state index in [1.807, 2.05) is 0 Å². The lowest BCUT2D eigenvalue weighted by atomic mass is 10.3. The third-order valence-electron chi connectivity index (χ3n) is 3.31. The van der Waals surface area contributed by atoms with Gasteiger partial charge in [-0.25, -0.2) is 0 Å². The van der Waals surface area contributed by atoms with Crippen LogP contribution in [-0.4, -0.2) is 86.8 Å². The zero-order chi connectivity index (χ0) is 14.8. The number of ketones is 2. The van der Waals surface area contributed by atoms with E-state index >= 15 is 0 Å². The summed E-state index contributed by atoms with van der Waals surface area (Å²) in [5.41, 5.74) is 0. The summed E-state index contributed by atoms with van der Waals surface area (Å²) in [5, 5.41) is 6.77. The van der Waals surface area contributed by atoms with E-state index in [-0.39, 0.29) is 11.6 Å². The maximum atomic E-state index is 11.2. The van der Waals surface area contributed by atoms with E-state index in [2.05, 4.69) is 20.4 Å². The van der Waals surface area contributed by atoms with Crippen LogP contribution in [0, 0.1) is 0 Å². The van der Waals surface area contributed by atoms with Gasteiger partial charge in [0.15, 0.2) is 0 Å². The molecule has 116 valence electrons. The molecule has 0 radical (unpaired) electrons. The summed E-state index contributed by atoms with van der Waals surface area (Å²) in [6.07, 6.45) is 0. The summed E-state index contributed by atoms with van der Waals surface area (Å²) in [6, 6.07) is 0. The average Bonchev–Trinajstić information content (AvgIpc) is 2.33. The molecule has 0 aromatic heterocycles. The van der Waals surface area contributed by atoms with Crippen LogP contribution in [0.25, 0.3) is 0 Å². The molecule has 6 nitrogen and oxygen atoms in total. The van der Waals surface area contributed by atoms with Gasteiger partial charge in [0, 0.05) is 52.4 Å². The van der Waals surface area contributed by atoms with Crippen molar-refractivity contribution in [3.63, 3.8) is 0 Å². The summed E-state index contributed by atoms with van der Waals surface area (Å²) in [7, 11) is 0. The number of nitrogens with zero attached hydrogens (tertiary/aromatic N) is 2. The zero-order valence-corrected chi connectivity index (χ0v) is 12.8. The molecule has 1 heterocycles. The maximum Gasteiger partial charge on any atom is 0.143 e. The predicted octanol–water partition coefficient (Wildman–Crippen LogP) is -1.04. The van der Waals surface area contributed by atoms with Crippen molar-refractivity contribution in [3.8, 4) is 0 Å². The summed E-state index contributed by atoms with van der Waals surface area (Å²) in [6.45, 7) is 11.4. The van der Waals surface area contributed by atoms with Gasteiger partial charge in [-0.05, 0) is 13.8 Å². The van der Waals surface area contributed by atoms with Gasteiger partial charge < -0.3 is 10.6 Å². The summed E-state index contributed by atoms with van der Waals surface area (Å²) in [4.78, 5) is 26.8. The molecule has 20 heavy (non-hydrogen) atoms. The van der Waals surface area contributed by atoms with Gasteiger partial charge >= 0.3 is 0 Å². The van der Waals surface area contributed by atoms with Crippen LogP contribution >= 0.6 is 0 Å². The first kappa shape index (κ1) is 17.2. The van der Waals surface area contributed by atoms with Crippen LogP contribution in [-0.2, 0) is 9.59 Å². The molecule has 0 saturated carbocycles. The number of hydrogen-bond donors (Lipinski definition) is 2. The molecule has 1 rings (SSSR count). The number of nitrogens with one attached hydrogen (secondary N) is 2. The predicted molar refractivity (Wildman–Crippen MR) is 80.0 cm³/mol. The highest BCUT2D eigenvalue weighted by Gasteiger charge is 2.10. The molecule has 0 aliphatic carbocycles. The van der Waals surface area contributed by atoms with Gasteiger partial charge in [0.2, 0.25) is 0 Å². The summed E-state index contributed by atoms with van der Waals surface area (Å²) >= 11 is 0. The van der Waals surface area contributed by atoms with Gasteiger partial charge in [-0.1, -0.05) is 0 Å². The lowest BCUT2D eigenvalue weighted by Gasteiger charge is -2.25. The van der Waals surface area contributed by atoms with Gasteiger partial charge in [-0.15, -0.1) is 0 Å². The van der Waals surface area contributed by atoms with Crippen molar-refractivity contribution in [2.45, 2.75) is 13.8 Å². The van der Waals surface area contributed by atoms with Crippen LogP contribution in [0.2, 0.25) is 0 Å². The second kappa shape index (κ2) is 9.99. The molecular weight excluding hydrogens is 256 g/mol. The van der Waals surface area contributed by atoms with Crippen molar-refractivity contribution in [1.82, 2.24) is 20.4 Å². The van der Waals surface area contributed by atoms with Gasteiger partial charge in [-0.3, -0.25) is 19.4 Å². The molecule has 0 unspecified atom stereocenters. The molecule has 0 atom stereocenters. The fraction of sp³-hybridized carbons (Fsp3) is 0.857. The smallest absolute Gasteiger partial charge is 0.143 e. The molecule has 0 bridgehead atoms. The van der Waals surface area contributed by atoms with E-state index in [9.17, 15) is 9.59 Å². The van der Waals surface area contributed by atoms with E-state index in [0.29, 0.717) is 13.1 Å². The van der Waals surface area contributed by atoms with Crippen molar-refractivity contribution in [2.75, 3.05) is 65.4 Å². The lowest BCUT2D eigenvalue weighted by molar-refractivity contribution is -0.118. The van der Waals surface area contributed by atoms with Crippen molar-refractivity contribution in [3.05, 3.63) is 0 Å². The quantitative estimate of drug-likeness (QED) is 0.688. The number of carbonyl (C=O) groups is 2. The first-order valence-electron chi connectivity index (χ1n) is 7.43. The molecule has 1 aliphatic rings. The highest BCUT2D eigenvalue weighted by atomic mass is 16.1. The van der Waals surface area contributed by atoms with E-state index in [1.165, 1.54) is 0 Å². The van der Waals surface area contributed by atoms with Crippen LogP contribution < -0.4 is 10.6 Å². The van der Waals surface area contributed by atoms with E-state index in [4.69, 9.17) is 0 Å². The minimum atomic E-state index is 0.213. The Bertz CT molecular complexity index is 268. The van der Waals surface area contributed by atoms with Gasteiger partial charge in [0.1, 0.15) is 11.6 Å². The second-order valence-corrected chi connectivity index (χ2v) is 5.46. The van der Waals surface area contributed by atoms with Crippen LogP contribution in [0.1, 0.15) is 13.8 Å². The van der Waals surface area contributed by atoms with Crippen molar-refractivity contribution < 1.29 is 9.59 Å². The maximum absolute atomic E-state index is 11.2. The normalized spacial score (nSPS) is 20.9. The second-order valence-electron chi connectivity index (χ2n) is 5.46. The largest absolute Gasteiger partial charge is 0.314 e. The summed E-state index contributed by atoms with van der Waals surface area (Å²) < 4.78 is 0. The fourth-order valence-corrected chi connectivity index (χ4v) is 2.37. The molecule has 1 fully saturated rings. The topological polar surface area (TPSA) is 64.7 Å². The first-order chi connectivity index (χ1) is 9.58. The molecule has 2 N–H and O–H groups in total. The Kier molecular flexibility index (Phi) is 8.60. The Morgan fingerprint density at radius 3 is 1.30 bits per heavy atom. The lowest BCUT2D eigenvalue weighted by Crippen LogP contribution is -2.45. The third kappa shape index (κ3) is 8.37. The van der Waals surface area contributed by atoms with E-state index in [0.717, 1.165) is 52.4 Å². The highest BCUT2D eigenvalue weighted by molar-refractivity contribution is 5.77. The van der Waals surface area contributed by atoms with Crippen molar-refractivity contribution >= 4 is 11.6 Å². The molecule has 1 saturated heterocycles. The van der Waals surface area contributed by atoms with Gasteiger partial charge in [0.05, 0.1) is 13.1 Å². The molecule has 1 aliphatic heterocycles. The Hall–Kier alpha value is -0.820. The van der Waals surface area contributed by atoms with Crippen LogP contribution in [0.3, 0.4) is 0 Å². The number of carbonyl (C=O) groups excluding carboxylic acids is 2. The molecule has 0 spiro atoms. The van der Waals surface area contributed by atoms with Crippen LogP contribution in [0.5, 0.6) is 0 Å². The molecule has 0 amide bonds. The van der Waals surface area contributed by atoms with Gasteiger partial charge in [0.25, 0.3) is 0 Å². The highest BCUT2D eigenvalue weighted by Crippen LogP contribution is 1.91. The molecule has 6 heteroatoms. The zero-order valence-electron chi connectivity index (χ0n) is 12.8. The Balaban J connectivity index is 2.37. The van der Waals surface area contributed by atoms with E-state index < -0.39 is 0 Å². The first-order valence-corrected chi connectivity index (χ1v) is 7.43. The summed E-state index contributed by atoms with van der Waals surface area (Å²) in [5.74, 6) is 0.425. The Morgan fingerprint density at radius 2 is 1.05 bits per heavy atom. The fourth-order valence-electron chi connectivity index (χ4n) is 2.37. The monoisotopic (exact) mass is 284 g/mol. The Morgan fingerprint density at radius 1 is 0.750 bits per heavy atom. The number of Topliss-reactive ketones (excluding diaryl/α,β-unsaturated/α-hetero) is 2. The number of rotatable bonds is 4. The third-order valence-corrected chi connectivity index (χ3v) is 3.31. The Labute approximate surface area is 121 Å². The van der Waals surface area contributed by atoms with Gasteiger partial charge in [-0.2, -0.15) is 0 Å². The van der Waals surface area contributed by atoms with Crippen LogP contribution in [0.4, 0.5) is 0 Å². The standard InChI is InChI=1S/C14H28N4O2/c1-13(19)11-17-7-3-15-5-9-18(12-14(2)20)10-6-16-4-8-17/h15-16H,3-12H2,1-2H3. The SMILES string of the molecule is CC(=O)CN1CCNCCN(CC(C)=O)CCNCC1. The number of hydrogen-bond acceptors (Lipinski definition) is 6. The van der Waals surface area contributed by atoms with Crippen LogP contribution in [0.15, 0.2) is 0 Å². The molecular formula is C14H28N4O2. The van der Waals surface area contributed by atoms with Crippen molar-refractivity contribution in [1.29, 1.82) is 0 Å². The molecule has 0 aromatic rings. The van der Waals surface area contributed by atoms with E-state index in [1.54, 1.807) is 13.8 Å². The molecule has 0 aromatic carbocycles.